The van der Waals surface area contributed by atoms with Crippen molar-refractivity contribution in [3.63, 3.8) is 0 Å². The van der Waals surface area contributed by atoms with E-state index >= 15 is 0 Å². The quantitative estimate of drug-likeness (QED) is 0.515. The molecule has 0 saturated heterocycles. The molecule has 2 rings (SSSR count). The first-order chi connectivity index (χ1) is 10.9. The van der Waals surface area contributed by atoms with Gasteiger partial charge in [0.25, 0.3) is 5.91 Å². The van der Waals surface area contributed by atoms with Crippen molar-refractivity contribution in [2.24, 2.45) is 0 Å². The van der Waals surface area contributed by atoms with Crippen LogP contribution in [0.3, 0.4) is 0 Å². The lowest BCUT2D eigenvalue weighted by Gasteiger charge is -2.11. The van der Waals surface area contributed by atoms with E-state index in [1.807, 2.05) is 0 Å². The second-order valence-corrected chi connectivity index (χ2v) is 4.49. The predicted molar refractivity (Wildman–Crippen MR) is 73.1 cm³/mol. The Kier molecular flexibility index (Phi) is 4.85. The maximum absolute atomic E-state index is 13.6. The maximum Gasteiger partial charge on any atom is 0.258 e. The summed E-state index contributed by atoms with van der Waals surface area (Å²) in [5, 5.41) is 11.4. The molecule has 0 radical (unpaired) electrons. The summed E-state index contributed by atoms with van der Waals surface area (Å²) in [6, 6.07) is 4.41. The van der Waals surface area contributed by atoms with Gasteiger partial charge in [0.1, 0.15) is 5.75 Å². The zero-order valence-corrected chi connectivity index (χ0v) is 11.8. The molecule has 1 amide bonds. The summed E-state index contributed by atoms with van der Waals surface area (Å²) in [6.45, 7) is -0.388. The molecule has 0 bridgehead atoms. The van der Waals surface area contributed by atoms with Gasteiger partial charge < -0.3 is 15.2 Å². The number of methoxy groups -OCH3 is 1. The number of anilines is 1. The minimum atomic E-state index is -2.07. The van der Waals surface area contributed by atoms with Crippen LogP contribution in [0.2, 0.25) is 0 Å². The molecule has 2 aromatic carbocycles. The molecule has 0 aliphatic carbocycles. The van der Waals surface area contributed by atoms with Crippen LogP contribution in [0, 0.1) is 23.3 Å². The molecule has 0 aromatic heterocycles. The van der Waals surface area contributed by atoms with Crippen molar-refractivity contribution in [3.05, 3.63) is 58.7 Å². The van der Waals surface area contributed by atoms with Gasteiger partial charge in [-0.25, -0.2) is 17.6 Å². The van der Waals surface area contributed by atoms with Crippen molar-refractivity contribution in [1.29, 1.82) is 0 Å². The van der Waals surface area contributed by atoms with E-state index in [1.165, 1.54) is 25.3 Å². The van der Waals surface area contributed by atoms with E-state index in [0.717, 1.165) is 0 Å². The zero-order chi connectivity index (χ0) is 17.1. The van der Waals surface area contributed by atoms with E-state index < -0.39 is 34.7 Å². The first-order valence-electron chi connectivity index (χ1n) is 6.31. The summed E-state index contributed by atoms with van der Waals surface area (Å²) < 4.78 is 57.7. The smallest absolute Gasteiger partial charge is 0.258 e. The molecule has 0 spiro atoms. The maximum atomic E-state index is 13.6. The molecular weight excluding hydrogens is 318 g/mol. The van der Waals surface area contributed by atoms with Gasteiger partial charge >= 0.3 is 0 Å². The largest absolute Gasteiger partial charge is 0.496 e. The van der Waals surface area contributed by atoms with Gasteiger partial charge in [0, 0.05) is 11.3 Å². The lowest BCUT2D eigenvalue weighted by atomic mass is 10.1. The van der Waals surface area contributed by atoms with Gasteiger partial charge in [-0.15, -0.1) is 0 Å². The molecule has 8 heteroatoms. The van der Waals surface area contributed by atoms with Gasteiger partial charge in [-0.2, -0.15) is 0 Å². The van der Waals surface area contributed by atoms with Gasteiger partial charge in [0.15, 0.2) is 23.3 Å². The Bertz CT molecular complexity index is 765. The number of amides is 1. The lowest BCUT2D eigenvalue weighted by Crippen LogP contribution is -2.16. The number of ether oxygens (including phenoxy) is 1. The summed E-state index contributed by atoms with van der Waals surface area (Å²) in [7, 11) is 1.38. The highest BCUT2D eigenvalue weighted by Gasteiger charge is 2.23. The van der Waals surface area contributed by atoms with E-state index in [9.17, 15) is 27.5 Å². The Labute approximate surface area is 128 Å². The third-order valence-electron chi connectivity index (χ3n) is 3.06. The van der Waals surface area contributed by atoms with Crippen molar-refractivity contribution in [3.8, 4) is 5.75 Å². The number of benzene rings is 2. The van der Waals surface area contributed by atoms with Gasteiger partial charge in [0.2, 0.25) is 0 Å². The van der Waals surface area contributed by atoms with Crippen LogP contribution in [-0.2, 0) is 6.61 Å². The number of nitrogens with one attached hydrogen (secondary N) is 1. The first kappa shape index (κ1) is 16.8. The SMILES string of the molecule is COc1ccc(NC(=O)c2cc(F)c(F)c(F)c2F)cc1CO. The van der Waals surface area contributed by atoms with Crippen molar-refractivity contribution in [2.45, 2.75) is 6.61 Å². The molecule has 122 valence electrons. The van der Waals surface area contributed by atoms with Crippen LogP contribution in [-0.4, -0.2) is 18.1 Å². The van der Waals surface area contributed by atoms with Crippen molar-refractivity contribution < 1.29 is 32.2 Å². The molecule has 0 atom stereocenters. The number of aliphatic hydroxyl groups excluding tert-OH is 1. The third kappa shape index (κ3) is 3.26. The molecule has 23 heavy (non-hydrogen) atoms. The van der Waals surface area contributed by atoms with Crippen molar-refractivity contribution in [2.75, 3.05) is 12.4 Å². The predicted octanol–water partition coefficient (Wildman–Crippen LogP) is 3.00. The molecular formula is C15H11F4NO3. The van der Waals surface area contributed by atoms with Crippen LogP contribution >= 0.6 is 0 Å². The molecule has 0 aliphatic rings. The van der Waals surface area contributed by atoms with Gasteiger partial charge in [-0.05, 0) is 24.3 Å². The second-order valence-electron chi connectivity index (χ2n) is 4.49. The van der Waals surface area contributed by atoms with Crippen LogP contribution in [0.4, 0.5) is 23.2 Å². The number of halogens is 4. The number of aliphatic hydroxyl groups is 1. The number of hydrogen-bond acceptors (Lipinski definition) is 3. The third-order valence-corrected chi connectivity index (χ3v) is 3.06. The summed E-state index contributed by atoms with van der Waals surface area (Å²) >= 11 is 0. The van der Waals surface area contributed by atoms with Crippen molar-refractivity contribution >= 4 is 11.6 Å². The van der Waals surface area contributed by atoms with Gasteiger partial charge in [0.05, 0.1) is 19.3 Å². The highest BCUT2D eigenvalue weighted by Crippen LogP contribution is 2.24. The monoisotopic (exact) mass is 329 g/mol. The zero-order valence-electron chi connectivity index (χ0n) is 11.8. The van der Waals surface area contributed by atoms with Gasteiger partial charge in [-0.1, -0.05) is 0 Å². The molecule has 0 heterocycles. The molecule has 0 fully saturated rings. The van der Waals surface area contributed by atoms with Crippen LogP contribution < -0.4 is 10.1 Å². The van der Waals surface area contributed by atoms with Crippen LogP contribution in [0.5, 0.6) is 5.75 Å². The minimum Gasteiger partial charge on any atom is -0.496 e. The average molecular weight is 329 g/mol. The second kappa shape index (κ2) is 6.66. The Morgan fingerprint density at radius 2 is 1.83 bits per heavy atom. The first-order valence-corrected chi connectivity index (χ1v) is 6.31. The molecule has 2 N–H and O–H groups in total. The Morgan fingerprint density at radius 1 is 1.13 bits per heavy atom. The summed E-state index contributed by atoms with van der Waals surface area (Å²) in [6.07, 6.45) is 0. The summed E-state index contributed by atoms with van der Waals surface area (Å²) in [4.78, 5) is 11.9. The Morgan fingerprint density at radius 3 is 2.43 bits per heavy atom. The Balaban J connectivity index is 2.33. The molecule has 0 aliphatic heterocycles. The van der Waals surface area contributed by atoms with E-state index in [2.05, 4.69) is 5.32 Å². The van der Waals surface area contributed by atoms with Crippen LogP contribution in [0.1, 0.15) is 15.9 Å². The van der Waals surface area contributed by atoms with Crippen LogP contribution in [0.15, 0.2) is 24.3 Å². The summed E-state index contributed by atoms with van der Waals surface area (Å²) in [5.41, 5.74) is -0.519. The fourth-order valence-electron chi connectivity index (χ4n) is 1.92. The topological polar surface area (TPSA) is 58.6 Å². The number of rotatable bonds is 4. The number of carbonyl (C=O) groups is 1. The lowest BCUT2D eigenvalue weighted by molar-refractivity contribution is 0.102. The molecule has 0 unspecified atom stereocenters. The minimum absolute atomic E-state index is 0.129. The number of hydrogen-bond donors (Lipinski definition) is 2. The molecule has 2 aromatic rings. The average Bonchev–Trinajstić information content (AvgIpc) is 2.55. The number of carbonyl (C=O) groups excluding carboxylic acids is 1. The van der Waals surface area contributed by atoms with Crippen molar-refractivity contribution in [1.82, 2.24) is 0 Å². The highest BCUT2D eigenvalue weighted by atomic mass is 19.2. The van der Waals surface area contributed by atoms with Gasteiger partial charge in [-0.3, -0.25) is 4.79 Å². The molecule has 0 saturated carbocycles. The standard InChI is InChI=1S/C15H11F4NO3/c1-23-11-3-2-8(4-7(11)6-21)20-15(22)9-5-10(16)13(18)14(19)12(9)17/h2-5,21H,6H2,1H3,(H,20,22). The van der Waals surface area contributed by atoms with Crippen LogP contribution in [0.25, 0.3) is 0 Å². The van der Waals surface area contributed by atoms with E-state index in [4.69, 9.17) is 4.74 Å². The fourth-order valence-corrected chi connectivity index (χ4v) is 1.92. The Hall–Kier alpha value is -2.61. The fraction of sp³-hybridized carbons (Fsp3) is 0.133. The molecule has 4 nitrogen and oxygen atoms in total. The highest BCUT2D eigenvalue weighted by molar-refractivity contribution is 6.04. The summed E-state index contributed by atoms with van der Waals surface area (Å²) in [5.74, 6) is -8.35. The van der Waals surface area contributed by atoms with E-state index in [-0.39, 0.29) is 18.4 Å². The normalized spacial score (nSPS) is 10.5. The van der Waals surface area contributed by atoms with E-state index in [0.29, 0.717) is 11.3 Å². The van der Waals surface area contributed by atoms with E-state index in [1.54, 1.807) is 0 Å².